The van der Waals surface area contributed by atoms with Gasteiger partial charge in [-0.1, -0.05) is 0 Å². The van der Waals surface area contributed by atoms with E-state index in [0.29, 0.717) is 6.61 Å². The molecule has 3 N–H and O–H groups in total. The van der Waals surface area contributed by atoms with Crippen LogP contribution in [0.25, 0.3) is 0 Å². The fourth-order valence-corrected chi connectivity index (χ4v) is 0.723. The first kappa shape index (κ1) is 11.7. The van der Waals surface area contributed by atoms with Crippen LogP contribution in [0, 0.1) is 0 Å². The number of hydrogen-bond acceptors (Lipinski definition) is 3. The van der Waals surface area contributed by atoms with Gasteiger partial charge >= 0.3 is 12.0 Å². The summed E-state index contributed by atoms with van der Waals surface area (Å²) in [6.07, 6.45) is 0.249. The van der Waals surface area contributed by atoms with Gasteiger partial charge in [-0.2, -0.15) is 0 Å². The molecular weight excluding hydrogens is 176 g/mol. The Balaban J connectivity index is 3.94. The Morgan fingerprint density at radius 1 is 1.54 bits per heavy atom. The molecule has 0 aliphatic heterocycles. The van der Waals surface area contributed by atoms with Gasteiger partial charge in [0, 0.05) is 27.2 Å². The lowest BCUT2D eigenvalue weighted by Gasteiger charge is -2.12. The number of rotatable bonds is 5. The van der Waals surface area contributed by atoms with E-state index in [-0.39, 0.29) is 6.42 Å². The lowest BCUT2D eigenvalue weighted by Crippen LogP contribution is -2.45. The van der Waals surface area contributed by atoms with Crippen LogP contribution in [-0.4, -0.2) is 43.9 Å². The maximum absolute atomic E-state index is 10.8. The number of aliphatic carboxylic acids is 1. The van der Waals surface area contributed by atoms with Crippen molar-refractivity contribution in [3.8, 4) is 0 Å². The maximum atomic E-state index is 10.8. The van der Waals surface area contributed by atoms with Crippen molar-refractivity contribution in [3.05, 3.63) is 0 Å². The van der Waals surface area contributed by atoms with E-state index in [2.05, 4.69) is 10.6 Å². The topological polar surface area (TPSA) is 87.7 Å². The number of methoxy groups -OCH3 is 1. The molecule has 2 amide bonds. The minimum atomic E-state index is -1.07. The van der Waals surface area contributed by atoms with Gasteiger partial charge < -0.3 is 20.5 Å². The largest absolute Gasteiger partial charge is 0.480 e. The molecular formula is C7H14N2O4. The minimum absolute atomic E-state index is 0.249. The molecule has 0 radical (unpaired) electrons. The first-order chi connectivity index (χ1) is 6.11. The summed E-state index contributed by atoms with van der Waals surface area (Å²) in [5.41, 5.74) is 0. The number of carbonyl (C=O) groups is 2. The molecule has 0 aliphatic carbocycles. The third-order valence-corrected chi connectivity index (χ3v) is 1.44. The minimum Gasteiger partial charge on any atom is -0.480 e. The van der Waals surface area contributed by atoms with E-state index >= 15 is 0 Å². The smallest absolute Gasteiger partial charge is 0.326 e. The zero-order valence-electron chi connectivity index (χ0n) is 7.66. The highest BCUT2D eigenvalue weighted by Crippen LogP contribution is 1.92. The van der Waals surface area contributed by atoms with Crippen molar-refractivity contribution in [2.24, 2.45) is 0 Å². The van der Waals surface area contributed by atoms with E-state index in [0.717, 1.165) is 0 Å². The van der Waals surface area contributed by atoms with Gasteiger partial charge in [-0.3, -0.25) is 0 Å². The van der Waals surface area contributed by atoms with Crippen molar-refractivity contribution in [1.29, 1.82) is 0 Å². The molecule has 0 saturated carbocycles. The van der Waals surface area contributed by atoms with Crippen LogP contribution in [0.15, 0.2) is 0 Å². The Morgan fingerprint density at radius 2 is 2.15 bits per heavy atom. The summed E-state index contributed by atoms with van der Waals surface area (Å²) < 4.78 is 4.70. The molecule has 76 valence electrons. The van der Waals surface area contributed by atoms with Crippen LogP contribution < -0.4 is 10.6 Å². The van der Waals surface area contributed by atoms with Crippen LogP contribution in [0.2, 0.25) is 0 Å². The monoisotopic (exact) mass is 190 g/mol. The quantitative estimate of drug-likeness (QED) is 0.540. The van der Waals surface area contributed by atoms with Crippen molar-refractivity contribution in [2.45, 2.75) is 12.5 Å². The third kappa shape index (κ3) is 5.02. The van der Waals surface area contributed by atoms with E-state index in [1.54, 1.807) is 0 Å². The van der Waals surface area contributed by atoms with Crippen LogP contribution >= 0.6 is 0 Å². The number of urea groups is 1. The summed E-state index contributed by atoms with van der Waals surface area (Å²) >= 11 is 0. The first-order valence-electron chi connectivity index (χ1n) is 3.81. The molecule has 13 heavy (non-hydrogen) atoms. The number of carboxylic acid groups (broad SMARTS) is 1. The number of nitrogens with one attached hydrogen (secondary N) is 2. The van der Waals surface area contributed by atoms with Gasteiger partial charge in [-0.05, 0) is 0 Å². The number of hydrogen-bond donors (Lipinski definition) is 3. The molecule has 0 fully saturated rings. The molecule has 0 bridgehead atoms. The Morgan fingerprint density at radius 3 is 2.54 bits per heavy atom. The van der Waals surface area contributed by atoms with Crippen LogP contribution in [0.4, 0.5) is 4.79 Å². The zero-order chi connectivity index (χ0) is 10.3. The molecule has 0 aromatic rings. The average molecular weight is 190 g/mol. The molecule has 1 atom stereocenters. The molecule has 0 saturated heterocycles. The normalized spacial score (nSPS) is 11.8. The van der Waals surface area contributed by atoms with E-state index in [4.69, 9.17) is 9.84 Å². The summed E-state index contributed by atoms with van der Waals surface area (Å²) in [6, 6.07) is -1.41. The van der Waals surface area contributed by atoms with Crippen LogP contribution in [0.5, 0.6) is 0 Å². The van der Waals surface area contributed by atoms with Gasteiger partial charge in [-0.25, -0.2) is 9.59 Å². The second-order valence-electron chi connectivity index (χ2n) is 2.40. The zero-order valence-corrected chi connectivity index (χ0v) is 7.66. The second-order valence-corrected chi connectivity index (χ2v) is 2.40. The summed E-state index contributed by atoms with van der Waals surface area (Å²) in [4.78, 5) is 21.3. The van der Waals surface area contributed by atoms with E-state index < -0.39 is 18.0 Å². The van der Waals surface area contributed by atoms with Gasteiger partial charge in [-0.15, -0.1) is 0 Å². The van der Waals surface area contributed by atoms with Crippen LogP contribution in [0.3, 0.4) is 0 Å². The summed E-state index contributed by atoms with van der Waals surface area (Å²) in [7, 11) is 2.89. The highest BCUT2D eigenvalue weighted by atomic mass is 16.5. The molecule has 0 heterocycles. The summed E-state index contributed by atoms with van der Waals surface area (Å²) in [6.45, 7) is 0.293. The van der Waals surface area contributed by atoms with Gasteiger partial charge in [0.2, 0.25) is 0 Å². The predicted octanol–water partition coefficient (Wildman–Crippen LogP) is -0.595. The molecule has 6 heteroatoms. The van der Waals surface area contributed by atoms with Crippen LogP contribution in [0.1, 0.15) is 6.42 Å². The Labute approximate surface area is 76.3 Å². The molecule has 0 rings (SSSR count). The van der Waals surface area contributed by atoms with Gasteiger partial charge in [0.25, 0.3) is 0 Å². The molecule has 0 aromatic carbocycles. The third-order valence-electron chi connectivity index (χ3n) is 1.44. The highest BCUT2D eigenvalue weighted by molar-refractivity contribution is 5.82. The SMILES string of the molecule is CNC(=O)NC(CCOC)C(=O)O. The number of carbonyl (C=O) groups excluding carboxylic acids is 1. The molecule has 6 nitrogen and oxygen atoms in total. The number of amides is 2. The van der Waals surface area contributed by atoms with Crippen molar-refractivity contribution >= 4 is 12.0 Å². The molecule has 1 unspecified atom stereocenters. The molecule has 0 aromatic heterocycles. The second kappa shape index (κ2) is 6.24. The van der Waals surface area contributed by atoms with Crippen molar-refractivity contribution < 1.29 is 19.4 Å². The van der Waals surface area contributed by atoms with Gasteiger partial charge in [0.05, 0.1) is 0 Å². The Hall–Kier alpha value is -1.30. The number of ether oxygens (including phenoxy) is 1. The molecule has 0 spiro atoms. The first-order valence-corrected chi connectivity index (χ1v) is 3.81. The fraction of sp³-hybridized carbons (Fsp3) is 0.714. The van der Waals surface area contributed by atoms with Crippen molar-refractivity contribution in [2.75, 3.05) is 20.8 Å². The Kier molecular flexibility index (Phi) is 5.62. The average Bonchev–Trinajstić information content (AvgIpc) is 2.11. The number of carboxylic acids is 1. The van der Waals surface area contributed by atoms with E-state index in [9.17, 15) is 9.59 Å². The maximum Gasteiger partial charge on any atom is 0.326 e. The standard InChI is InChI=1S/C7H14N2O4/c1-8-7(12)9-5(6(10)11)3-4-13-2/h5H,3-4H2,1-2H3,(H,10,11)(H2,8,9,12). The lowest BCUT2D eigenvalue weighted by atomic mass is 10.2. The predicted molar refractivity (Wildman–Crippen MR) is 45.5 cm³/mol. The van der Waals surface area contributed by atoms with Crippen molar-refractivity contribution in [1.82, 2.24) is 10.6 Å². The molecule has 0 aliphatic rings. The van der Waals surface area contributed by atoms with E-state index in [1.807, 2.05) is 0 Å². The lowest BCUT2D eigenvalue weighted by molar-refractivity contribution is -0.139. The van der Waals surface area contributed by atoms with Crippen LogP contribution in [-0.2, 0) is 9.53 Å². The summed E-state index contributed by atoms with van der Waals surface area (Å²) in [5.74, 6) is -1.07. The fourth-order valence-electron chi connectivity index (χ4n) is 0.723. The van der Waals surface area contributed by atoms with Gasteiger partial charge in [0.15, 0.2) is 0 Å². The highest BCUT2D eigenvalue weighted by Gasteiger charge is 2.18. The summed E-state index contributed by atoms with van der Waals surface area (Å²) in [5, 5.41) is 13.2. The van der Waals surface area contributed by atoms with E-state index in [1.165, 1.54) is 14.2 Å². The van der Waals surface area contributed by atoms with Gasteiger partial charge in [0.1, 0.15) is 6.04 Å². The Bertz CT molecular complexity index is 183. The van der Waals surface area contributed by atoms with Crippen molar-refractivity contribution in [3.63, 3.8) is 0 Å².